The molecule has 5 rings (SSSR count). The third-order valence-corrected chi connectivity index (χ3v) is 6.32. The minimum Gasteiger partial charge on any atom is -0.491 e. The molecular weight excluding hydrogens is 553 g/mol. The van der Waals surface area contributed by atoms with E-state index in [1.165, 1.54) is 39.8 Å². The molecular formula is C32H34FN5O5. The number of anilines is 1. The third kappa shape index (κ3) is 7.07. The highest BCUT2D eigenvalue weighted by atomic mass is 19.1. The van der Waals surface area contributed by atoms with Crippen molar-refractivity contribution >= 4 is 22.6 Å². The zero-order valence-corrected chi connectivity index (χ0v) is 24.9. The molecule has 43 heavy (non-hydrogen) atoms. The molecule has 0 saturated carbocycles. The number of carbonyl (C=O) groups is 1. The summed E-state index contributed by atoms with van der Waals surface area (Å²) >= 11 is 0. The lowest BCUT2D eigenvalue weighted by Crippen LogP contribution is -2.27. The summed E-state index contributed by atoms with van der Waals surface area (Å²) in [5.74, 6) is 0.725. The lowest BCUT2D eigenvalue weighted by Gasteiger charge is -2.18. The van der Waals surface area contributed by atoms with E-state index in [2.05, 4.69) is 15.3 Å². The second-order valence-electron chi connectivity index (χ2n) is 10.1. The number of aromatic nitrogens is 4. The van der Waals surface area contributed by atoms with Gasteiger partial charge in [-0.25, -0.2) is 14.1 Å². The van der Waals surface area contributed by atoms with E-state index in [-0.39, 0.29) is 18.0 Å². The standard InChI is InChI=1S/C30H28FN5O5.C2H6/c1-18-27(29(38)36(35(18)4)20-7-5-19(31)6-8-20)28(37)34-26-12-10-22(16-33-26)41-25-13-14-32-24-15-21(9-11-23(24)25)40-17-30(2,3)39;1-2/h5-16,39H,17H2,1-4H3,(H,33,34,37);1-2H3. The first-order chi connectivity index (χ1) is 20.5. The predicted octanol–water partition coefficient (Wildman–Crippen LogP) is 5.79. The second-order valence-corrected chi connectivity index (χ2v) is 10.1. The van der Waals surface area contributed by atoms with Gasteiger partial charge in [0, 0.05) is 24.7 Å². The highest BCUT2D eigenvalue weighted by molar-refractivity contribution is 6.04. The van der Waals surface area contributed by atoms with Crippen LogP contribution in [0.1, 0.15) is 43.7 Å². The number of nitrogens with zero attached hydrogens (tertiary/aromatic N) is 4. The van der Waals surface area contributed by atoms with E-state index < -0.39 is 22.9 Å². The molecule has 0 bridgehead atoms. The van der Waals surface area contributed by atoms with Crippen LogP contribution in [0.25, 0.3) is 16.6 Å². The van der Waals surface area contributed by atoms with Crippen molar-refractivity contribution in [1.82, 2.24) is 19.3 Å². The van der Waals surface area contributed by atoms with Crippen LogP contribution in [0.3, 0.4) is 0 Å². The van der Waals surface area contributed by atoms with Crippen LogP contribution in [0.4, 0.5) is 10.2 Å². The van der Waals surface area contributed by atoms with Crippen LogP contribution in [-0.2, 0) is 7.05 Å². The zero-order valence-electron chi connectivity index (χ0n) is 24.9. The van der Waals surface area contributed by atoms with Crippen molar-refractivity contribution in [2.75, 3.05) is 11.9 Å². The van der Waals surface area contributed by atoms with Gasteiger partial charge >= 0.3 is 0 Å². The summed E-state index contributed by atoms with van der Waals surface area (Å²) in [6, 6.07) is 15.7. The lowest BCUT2D eigenvalue weighted by molar-refractivity contribution is 0.0285. The number of halogens is 1. The maximum atomic E-state index is 13.4. The van der Waals surface area contributed by atoms with Crippen LogP contribution in [-0.4, -0.2) is 42.6 Å². The summed E-state index contributed by atoms with van der Waals surface area (Å²) < 4.78 is 27.9. The number of aliphatic hydroxyl groups is 1. The Morgan fingerprint density at radius 3 is 2.37 bits per heavy atom. The van der Waals surface area contributed by atoms with Gasteiger partial charge in [0.2, 0.25) is 0 Å². The van der Waals surface area contributed by atoms with Gasteiger partial charge in [-0.15, -0.1) is 0 Å². The Bertz CT molecular complexity index is 1790. The first-order valence-electron chi connectivity index (χ1n) is 13.7. The van der Waals surface area contributed by atoms with Gasteiger partial charge in [-0.2, -0.15) is 0 Å². The molecule has 0 aliphatic heterocycles. The molecule has 0 fully saturated rings. The summed E-state index contributed by atoms with van der Waals surface area (Å²) in [4.78, 5) is 34.8. The zero-order chi connectivity index (χ0) is 31.3. The molecule has 2 N–H and O–H groups in total. The van der Waals surface area contributed by atoms with Gasteiger partial charge in [0.05, 0.1) is 28.7 Å². The van der Waals surface area contributed by atoms with Crippen molar-refractivity contribution in [2.45, 2.75) is 40.2 Å². The minimum absolute atomic E-state index is 0.0480. The molecule has 0 spiro atoms. The van der Waals surface area contributed by atoms with Crippen LogP contribution in [0.5, 0.6) is 17.2 Å². The van der Waals surface area contributed by atoms with E-state index in [0.29, 0.717) is 34.1 Å². The van der Waals surface area contributed by atoms with E-state index in [1.54, 1.807) is 64.3 Å². The molecule has 3 aromatic heterocycles. The van der Waals surface area contributed by atoms with Crippen molar-refractivity contribution in [3.05, 3.63) is 100 Å². The molecule has 2 aromatic carbocycles. The molecule has 5 aromatic rings. The Kier molecular flexibility index (Phi) is 9.25. The average Bonchev–Trinajstić information content (AvgIpc) is 3.21. The Morgan fingerprint density at radius 2 is 1.72 bits per heavy atom. The van der Waals surface area contributed by atoms with E-state index in [4.69, 9.17) is 9.47 Å². The number of benzene rings is 2. The van der Waals surface area contributed by atoms with Gasteiger partial charge in [-0.05, 0) is 75.4 Å². The van der Waals surface area contributed by atoms with Gasteiger partial charge in [0.1, 0.15) is 41.1 Å². The van der Waals surface area contributed by atoms with Gasteiger partial charge < -0.3 is 19.9 Å². The molecule has 3 heterocycles. The summed E-state index contributed by atoms with van der Waals surface area (Å²) in [5.41, 5.74) is -0.0238. The summed E-state index contributed by atoms with van der Waals surface area (Å²) in [6.07, 6.45) is 3.07. The Hall–Kier alpha value is -5.03. The summed E-state index contributed by atoms with van der Waals surface area (Å²) in [5, 5.41) is 13.3. The number of hydrogen-bond acceptors (Lipinski definition) is 7. The molecule has 10 nitrogen and oxygen atoms in total. The number of ether oxygens (including phenoxy) is 2. The first kappa shape index (κ1) is 30.9. The van der Waals surface area contributed by atoms with E-state index in [9.17, 15) is 19.1 Å². The van der Waals surface area contributed by atoms with E-state index in [0.717, 1.165) is 5.39 Å². The van der Waals surface area contributed by atoms with Gasteiger partial charge in [0.25, 0.3) is 11.5 Å². The number of nitrogens with one attached hydrogen (secondary N) is 1. The number of amides is 1. The van der Waals surface area contributed by atoms with Crippen LogP contribution in [0.2, 0.25) is 0 Å². The maximum absolute atomic E-state index is 13.4. The quantitative estimate of drug-likeness (QED) is 0.236. The van der Waals surface area contributed by atoms with E-state index >= 15 is 0 Å². The molecule has 0 aliphatic rings. The first-order valence-corrected chi connectivity index (χ1v) is 13.7. The predicted molar refractivity (Wildman–Crippen MR) is 163 cm³/mol. The van der Waals surface area contributed by atoms with Crippen molar-refractivity contribution in [1.29, 1.82) is 0 Å². The monoisotopic (exact) mass is 587 g/mol. The van der Waals surface area contributed by atoms with Crippen molar-refractivity contribution < 1.29 is 23.8 Å². The normalized spacial score (nSPS) is 11.1. The van der Waals surface area contributed by atoms with Gasteiger partial charge in [-0.1, -0.05) is 13.8 Å². The van der Waals surface area contributed by atoms with Crippen molar-refractivity contribution in [3.63, 3.8) is 0 Å². The molecule has 11 heteroatoms. The van der Waals surface area contributed by atoms with Crippen LogP contribution < -0.4 is 20.3 Å². The molecule has 1 amide bonds. The summed E-state index contributed by atoms with van der Waals surface area (Å²) in [7, 11) is 1.65. The van der Waals surface area contributed by atoms with Crippen molar-refractivity contribution in [3.8, 4) is 22.9 Å². The fraction of sp³-hybridized carbons (Fsp3) is 0.250. The number of pyridine rings is 2. The number of hydrogen-bond donors (Lipinski definition) is 2. The summed E-state index contributed by atoms with van der Waals surface area (Å²) in [6.45, 7) is 9.12. The fourth-order valence-corrected chi connectivity index (χ4v) is 4.20. The third-order valence-electron chi connectivity index (χ3n) is 6.32. The molecule has 0 saturated heterocycles. The van der Waals surface area contributed by atoms with Crippen LogP contribution in [0.15, 0.2) is 77.9 Å². The largest absolute Gasteiger partial charge is 0.491 e. The van der Waals surface area contributed by atoms with Crippen molar-refractivity contribution in [2.24, 2.45) is 7.05 Å². The van der Waals surface area contributed by atoms with E-state index in [1.807, 2.05) is 19.9 Å². The number of carbonyl (C=O) groups excluding carboxylic acids is 1. The van der Waals surface area contributed by atoms with Crippen LogP contribution in [0, 0.1) is 12.7 Å². The fourth-order valence-electron chi connectivity index (χ4n) is 4.20. The second kappa shape index (κ2) is 12.9. The Labute approximate surface area is 248 Å². The molecule has 224 valence electrons. The number of fused-ring (bicyclic) bond motifs is 1. The smallest absolute Gasteiger partial charge is 0.284 e. The Morgan fingerprint density at radius 1 is 1.02 bits per heavy atom. The van der Waals surface area contributed by atoms with Crippen LogP contribution >= 0.6 is 0 Å². The highest BCUT2D eigenvalue weighted by Crippen LogP contribution is 2.31. The van der Waals surface area contributed by atoms with Gasteiger partial charge in [0.15, 0.2) is 0 Å². The Balaban J connectivity index is 0.00000207. The topological polar surface area (TPSA) is 121 Å². The highest BCUT2D eigenvalue weighted by Gasteiger charge is 2.23. The molecule has 0 atom stereocenters. The SMILES string of the molecule is CC.Cc1c(C(=O)Nc2ccc(Oc3ccnc4cc(OCC(C)(C)O)ccc34)cn2)c(=O)n(-c2ccc(F)cc2)n1C. The molecule has 0 aliphatic carbocycles. The molecule has 0 radical (unpaired) electrons. The minimum atomic E-state index is -0.963. The van der Waals surface area contributed by atoms with Gasteiger partial charge in [-0.3, -0.25) is 19.3 Å². The maximum Gasteiger partial charge on any atom is 0.284 e. The average molecular weight is 588 g/mol. The number of rotatable bonds is 8. The molecule has 0 unspecified atom stereocenters. The lowest BCUT2D eigenvalue weighted by atomic mass is 10.1.